The molecule has 11 heteroatoms. The minimum Gasteiger partial charge on any atom is -0.462 e. The van der Waals surface area contributed by atoms with Crippen LogP contribution in [0.5, 0.6) is 0 Å². The Bertz CT molecular complexity index is 1380. The third kappa shape index (κ3) is 3.48. The number of aliphatic hydroxyl groups excluding tert-OH is 2. The van der Waals surface area contributed by atoms with Crippen LogP contribution in [-0.4, -0.2) is 87.3 Å². The molecule has 0 aromatic rings. The van der Waals surface area contributed by atoms with Gasteiger partial charge >= 0.3 is 11.9 Å². The maximum atomic E-state index is 14.3. The number of Topliss-reactive ketones (excluding diaryl/α,β-unsaturated/α-hetero) is 1. The predicted molar refractivity (Wildman–Crippen MR) is 158 cm³/mol. The summed E-state index contributed by atoms with van der Waals surface area (Å²) >= 11 is 0. The zero-order valence-electron chi connectivity index (χ0n) is 28.1. The minimum absolute atomic E-state index is 0.110. The lowest BCUT2D eigenvalue weighted by Crippen LogP contribution is -2.69. The summed E-state index contributed by atoms with van der Waals surface area (Å²) in [5.41, 5.74) is -4.43. The molecule has 6 unspecified atom stereocenters. The molecule has 8 fully saturated rings. The van der Waals surface area contributed by atoms with Gasteiger partial charge in [-0.2, -0.15) is 0 Å². The number of hydrogen-bond acceptors (Lipinski definition) is 11. The van der Waals surface area contributed by atoms with Crippen LogP contribution in [-0.2, 0) is 38.1 Å². The summed E-state index contributed by atoms with van der Waals surface area (Å²) in [6.07, 6.45) is -2.49. The van der Waals surface area contributed by atoms with Crippen molar-refractivity contribution in [1.82, 2.24) is 0 Å². The zero-order valence-corrected chi connectivity index (χ0v) is 28.1. The molecular formula is C35H50O11. The molecular weight excluding hydrogens is 596 g/mol. The van der Waals surface area contributed by atoms with Crippen molar-refractivity contribution >= 4 is 17.7 Å². The van der Waals surface area contributed by atoms with E-state index in [-0.39, 0.29) is 53.5 Å². The van der Waals surface area contributed by atoms with Crippen LogP contribution in [0.4, 0.5) is 0 Å². The number of ether oxygens (including phenoxy) is 5. The molecule has 0 bridgehead atoms. The van der Waals surface area contributed by atoms with E-state index in [1.165, 1.54) is 13.8 Å². The van der Waals surface area contributed by atoms with Gasteiger partial charge in [0.05, 0.1) is 17.6 Å². The van der Waals surface area contributed by atoms with Gasteiger partial charge in [-0.3, -0.25) is 9.59 Å². The van der Waals surface area contributed by atoms with Crippen LogP contribution >= 0.6 is 0 Å². The van der Waals surface area contributed by atoms with E-state index >= 15 is 0 Å². The van der Waals surface area contributed by atoms with Gasteiger partial charge in [0.15, 0.2) is 17.7 Å². The van der Waals surface area contributed by atoms with E-state index < -0.39 is 82.1 Å². The van der Waals surface area contributed by atoms with Crippen molar-refractivity contribution in [2.75, 3.05) is 0 Å². The summed E-state index contributed by atoms with van der Waals surface area (Å²) in [5.74, 6) is -4.56. The van der Waals surface area contributed by atoms with Crippen LogP contribution < -0.4 is 0 Å². The summed E-state index contributed by atoms with van der Waals surface area (Å²) in [6.45, 7) is 15.1. The Balaban J connectivity index is 1.25. The van der Waals surface area contributed by atoms with Crippen molar-refractivity contribution in [2.45, 2.75) is 135 Å². The Hall–Kier alpha value is -1.63. The molecule has 5 saturated carbocycles. The Morgan fingerprint density at radius 3 is 2.37 bits per heavy atom. The van der Waals surface area contributed by atoms with E-state index in [1.54, 1.807) is 0 Å². The Labute approximate surface area is 270 Å². The molecule has 0 amide bonds. The molecule has 3 aliphatic heterocycles. The van der Waals surface area contributed by atoms with Crippen molar-refractivity contribution in [3.05, 3.63) is 0 Å². The minimum atomic E-state index is -1.82. The smallest absolute Gasteiger partial charge is 0.341 e. The lowest BCUT2D eigenvalue weighted by atomic mass is 9.42. The summed E-state index contributed by atoms with van der Waals surface area (Å²) in [4.78, 5) is 40.4. The molecule has 3 N–H and O–H groups in total. The summed E-state index contributed by atoms with van der Waals surface area (Å²) in [5, 5.41) is 34.9. The molecule has 0 radical (unpaired) electrons. The maximum Gasteiger partial charge on any atom is 0.341 e. The van der Waals surface area contributed by atoms with E-state index in [2.05, 4.69) is 20.8 Å². The van der Waals surface area contributed by atoms with E-state index in [9.17, 15) is 29.7 Å². The first-order valence-corrected chi connectivity index (χ1v) is 17.4. The molecule has 0 aromatic heterocycles. The number of hydrogen-bond donors (Lipinski definition) is 3. The second-order valence-corrected chi connectivity index (χ2v) is 17.4. The predicted octanol–water partition coefficient (Wildman–Crippen LogP) is 2.36. The fourth-order valence-electron chi connectivity index (χ4n) is 12.9. The lowest BCUT2D eigenvalue weighted by molar-refractivity contribution is -0.252. The number of carbonyl (C=O) groups excluding carboxylic acids is 3. The van der Waals surface area contributed by atoms with Gasteiger partial charge < -0.3 is 39.0 Å². The molecule has 8 rings (SSSR count). The van der Waals surface area contributed by atoms with Crippen molar-refractivity contribution in [1.29, 1.82) is 0 Å². The molecule has 8 aliphatic rings. The number of carbonyl (C=O) groups is 3. The van der Waals surface area contributed by atoms with Crippen LogP contribution in [0.15, 0.2) is 0 Å². The summed E-state index contributed by atoms with van der Waals surface area (Å²) in [6, 6.07) is 0. The number of epoxide rings is 2. The highest BCUT2D eigenvalue weighted by Crippen LogP contribution is 2.80. The van der Waals surface area contributed by atoms with Crippen LogP contribution in [0.3, 0.4) is 0 Å². The van der Waals surface area contributed by atoms with Gasteiger partial charge in [0.2, 0.25) is 5.79 Å². The van der Waals surface area contributed by atoms with Crippen LogP contribution in [0, 0.1) is 63.6 Å². The van der Waals surface area contributed by atoms with Crippen molar-refractivity contribution in [3.8, 4) is 0 Å². The molecule has 3 heterocycles. The highest BCUT2D eigenvalue weighted by molar-refractivity contribution is 5.88. The van der Waals surface area contributed by atoms with Crippen molar-refractivity contribution in [2.24, 2.45) is 63.6 Å². The number of ketones is 1. The van der Waals surface area contributed by atoms with Gasteiger partial charge in [-0.25, -0.2) is 4.79 Å². The van der Waals surface area contributed by atoms with Gasteiger partial charge in [0, 0.05) is 30.1 Å². The number of aliphatic hydroxyl groups is 3. The van der Waals surface area contributed by atoms with Crippen LogP contribution in [0.2, 0.25) is 0 Å². The van der Waals surface area contributed by atoms with Gasteiger partial charge in [-0.1, -0.05) is 34.6 Å². The molecule has 5 aliphatic carbocycles. The third-order valence-electron chi connectivity index (χ3n) is 15.2. The zero-order chi connectivity index (χ0) is 33.3. The monoisotopic (exact) mass is 646 g/mol. The SMILES string of the molecule is CC(=O)OC1C[C@H]2[C@@H]([C@@H](O)C(=O)[C@H]3C[C@@H]4O[C@@H]4C(OC(O)CC(C)C)[C@@]32C)[C@@H]2C[C@@H]3[C@H](C(C)C4OC45OC(=O)[C@@](C)(O)[C@]35C)[C@@]12C. The normalized spacial score (nSPS) is 59.6. The number of fused-ring (bicyclic) bond motifs is 9. The fourth-order valence-corrected chi connectivity index (χ4v) is 12.9. The summed E-state index contributed by atoms with van der Waals surface area (Å²) in [7, 11) is 0. The second-order valence-electron chi connectivity index (χ2n) is 17.4. The van der Waals surface area contributed by atoms with Crippen LogP contribution in [0.1, 0.15) is 81.1 Å². The Morgan fingerprint density at radius 1 is 1.04 bits per heavy atom. The largest absolute Gasteiger partial charge is 0.462 e. The second kappa shape index (κ2) is 9.33. The fraction of sp³-hybridized carbons (Fsp3) is 0.914. The molecule has 1 spiro atoms. The maximum absolute atomic E-state index is 14.3. The van der Waals surface area contributed by atoms with Gasteiger partial charge in [-0.15, -0.1) is 0 Å². The average Bonchev–Trinajstić information content (AvgIpc) is 3.85. The van der Waals surface area contributed by atoms with E-state index in [1.807, 2.05) is 20.8 Å². The van der Waals surface area contributed by atoms with E-state index in [0.29, 0.717) is 25.7 Å². The highest BCUT2D eigenvalue weighted by Gasteiger charge is 2.91. The molecule has 19 atom stereocenters. The van der Waals surface area contributed by atoms with Crippen molar-refractivity contribution in [3.63, 3.8) is 0 Å². The Kier molecular flexibility index (Phi) is 6.41. The summed E-state index contributed by atoms with van der Waals surface area (Å²) < 4.78 is 30.9. The van der Waals surface area contributed by atoms with Gasteiger partial charge in [0.25, 0.3) is 0 Å². The van der Waals surface area contributed by atoms with Gasteiger partial charge in [-0.05, 0) is 74.5 Å². The first-order valence-electron chi connectivity index (χ1n) is 17.4. The lowest BCUT2D eigenvalue weighted by Gasteiger charge is -2.63. The Morgan fingerprint density at radius 2 is 1.72 bits per heavy atom. The highest BCUT2D eigenvalue weighted by atomic mass is 16.8. The van der Waals surface area contributed by atoms with Crippen molar-refractivity contribution < 1.29 is 53.4 Å². The topological polar surface area (TPSA) is 165 Å². The quantitative estimate of drug-likeness (QED) is 0.228. The first-order chi connectivity index (χ1) is 21.4. The van der Waals surface area contributed by atoms with Crippen LogP contribution in [0.25, 0.3) is 0 Å². The molecule has 46 heavy (non-hydrogen) atoms. The number of rotatable bonds is 5. The molecule has 256 valence electrons. The standard InChI is InChI=1S/C35H50O11/c1-13(2)9-22(37)44-29-27-20(43-27)11-19-25(38)26(39)23-16-10-18-24(32(16,6)21(42-15(4)36)12-17(23)31(19,29)5)14(3)28-35(45-28)33(18,7)34(8,41)30(40)46-35/h13-14,16-24,26-29,37,39,41H,9-12H2,1-8H3/t14?,16-,17-,18+,19+,20-,21?,22?,23-,24-,26+,27-,28?,29?,31+,32+,33-,34+,35?/m0/s1. The average molecular weight is 647 g/mol. The molecule has 11 nitrogen and oxygen atoms in total. The van der Waals surface area contributed by atoms with E-state index in [0.717, 1.165) is 0 Å². The third-order valence-corrected chi connectivity index (χ3v) is 15.2. The van der Waals surface area contributed by atoms with E-state index in [4.69, 9.17) is 23.7 Å². The molecule has 0 aromatic carbocycles. The molecule has 3 saturated heterocycles. The first kappa shape index (κ1) is 31.6. The number of esters is 2. The van der Waals surface area contributed by atoms with Gasteiger partial charge in [0.1, 0.15) is 24.4 Å².